The van der Waals surface area contributed by atoms with Crippen molar-refractivity contribution in [1.82, 2.24) is 19.5 Å². The zero-order valence-electron chi connectivity index (χ0n) is 21.0. The molecule has 0 spiro atoms. The Labute approximate surface area is 220 Å². The summed E-state index contributed by atoms with van der Waals surface area (Å²) in [7, 11) is -1.89. The summed E-state index contributed by atoms with van der Waals surface area (Å²) in [6.45, 7) is -0.0442. The number of nitrogens with one attached hydrogen (secondary N) is 2. The number of amides is 1. The van der Waals surface area contributed by atoms with Crippen molar-refractivity contribution < 1.29 is 26.4 Å². The second-order valence-corrected chi connectivity index (χ2v) is 11.9. The lowest BCUT2D eigenvalue weighted by molar-refractivity contribution is -0.169. The minimum absolute atomic E-state index is 0.101. The minimum Gasteiger partial charge on any atom is -0.344 e. The Kier molecular flexibility index (Phi) is 7.27. The van der Waals surface area contributed by atoms with Crippen LogP contribution in [0.2, 0.25) is 0 Å². The second-order valence-electron chi connectivity index (χ2n) is 10.2. The van der Waals surface area contributed by atoms with Crippen LogP contribution in [-0.2, 0) is 21.9 Å². The number of halogens is 3. The zero-order chi connectivity index (χ0) is 27.1. The van der Waals surface area contributed by atoms with Gasteiger partial charge >= 0.3 is 6.18 Å². The highest BCUT2D eigenvalue weighted by atomic mass is 32.2. The molecule has 1 aliphatic carbocycles. The maximum absolute atomic E-state index is 13.2. The quantitative estimate of drug-likeness (QED) is 0.504. The van der Waals surface area contributed by atoms with Crippen molar-refractivity contribution in [2.24, 2.45) is 13.0 Å². The van der Waals surface area contributed by atoms with Gasteiger partial charge in [0.1, 0.15) is 6.04 Å². The van der Waals surface area contributed by atoms with E-state index in [4.69, 9.17) is 0 Å². The normalized spacial score (nSPS) is 23.1. The van der Waals surface area contributed by atoms with Crippen molar-refractivity contribution >= 4 is 26.8 Å². The number of carbonyl (C=O) groups is 1. The summed E-state index contributed by atoms with van der Waals surface area (Å²) in [5.41, 5.74) is 2.82. The third-order valence-corrected chi connectivity index (χ3v) is 9.20. The second kappa shape index (κ2) is 10.3. The molecule has 1 atom stereocenters. The van der Waals surface area contributed by atoms with Crippen LogP contribution >= 0.6 is 0 Å². The molecule has 2 N–H and O–H groups in total. The van der Waals surface area contributed by atoms with Crippen LogP contribution < -0.4 is 10.0 Å². The van der Waals surface area contributed by atoms with Crippen molar-refractivity contribution in [3.8, 4) is 11.3 Å². The first kappa shape index (κ1) is 26.7. The monoisotopic (exact) mass is 548 g/mol. The number of rotatable bonds is 5. The van der Waals surface area contributed by atoms with Gasteiger partial charge in [-0.1, -0.05) is 36.4 Å². The highest BCUT2D eigenvalue weighted by Gasteiger charge is 2.43. The number of fused-ring (bicyclic) bond motifs is 1. The molecule has 1 aromatic heterocycles. The number of sulfonamides is 1. The van der Waals surface area contributed by atoms with E-state index in [1.807, 2.05) is 48.0 Å². The number of hydrogen-bond acceptors (Lipinski definition) is 4. The molecular formula is C27H31F3N4O3S. The molecule has 0 bridgehead atoms. The van der Waals surface area contributed by atoms with E-state index in [-0.39, 0.29) is 42.4 Å². The van der Waals surface area contributed by atoms with E-state index in [1.165, 1.54) is 4.90 Å². The molecule has 2 aliphatic rings. The fourth-order valence-corrected chi connectivity index (χ4v) is 6.86. The van der Waals surface area contributed by atoms with Crippen LogP contribution in [0, 0.1) is 5.92 Å². The van der Waals surface area contributed by atoms with Gasteiger partial charge in [-0.25, -0.2) is 13.1 Å². The van der Waals surface area contributed by atoms with Crippen molar-refractivity contribution in [2.75, 3.05) is 19.6 Å². The molecule has 0 unspecified atom stereocenters. The lowest BCUT2D eigenvalue weighted by Gasteiger charge is -2.38. The number of hydrogen-bond donors (Lipinski definition) is 2. The number of piperazine rings is 1. The molecule has 3 aromatic rings. The summed E-state index contributed by atoms with van der Waals surface area (Å²) in [5.74, 6) is -0.663. The molecule has 2 fully saturated rings. The molecule has 1 amide bonds. The van der Waals surface area contributed by atoms with Gasteiger partial charge in [0, 0.05) is 55.2 Å². The number of nitrogens with zero attached hydrogens (tertiary/aromatic N) is 2. The van der Waals surface area contributed by atoms with Crippen LogP contribution in [0.4, 0.5) is 13.2 Å². The van der Waals surface area contributed by atoms with Crippen molar-refractivity contribution in [1.29, 1.82) is 0 Å². The summed E-state index contributed by atoms with van der Waals surface area (Å²) in [6.07, 6.45) is -2.63. The Bertz CT molecular complexity index is 1410. The van der Waals surface area contributed by atoms with Crippen LogP contribution in [0.15, 0.2) is 59.5 Å². The smallest absolute Gasteiger partial charge is 0.344 e. The third kappa shape index (κ3) is 5.45. The van der Waals surface area contributed by atoms with Gasteiger partial charge in [-0.15, -0.1) is 0 Å². The first-order valence-electron chi connectivity index (χ1n) is 12.8. The number of aryl methyl sites for hydroxylation is 1. The molecule has 204 valence electrons. The Morgan fingerprint density at radius 2 is 1.74 bits per heavy atom. The average molecular weight is 549 g/mol. The predicted molar refractivity (Wildman–Crippen MR) is 139 cm³/mol. The molecule has 11 heteroatoms. The van der Waals surface area contributed by atoms with Crippen molar-refractivity contribution in [3.05, 3.63) is 54.6 Å². The summed E-state index contributed by atoms with van der Waals surface area (Å²) < 4.78 is 70.5. The molecule has 0 radical (unpaired) electrons. The highest BCUT2D eigenvalue weighted by Crippen LogP contribution is 2.31. The lowest BCUT2D eigenvalue weighted by atomic mass is 9.85. The van der Waals surface area contributed by atoms with E-state index in [0.717, 1.165) is 22.2 Å². The van der Waals surface area contributed by atoms with Gasteiger partial charge in [-0.2, -0.15) is 13.2 Å². The van der Waals surface area contributed by atoms with Crippen LogP contribution in [0.25, 0.3) is 22.2 Å². The summed E-state index contributed by atoms with van der Waals surface area (Å²) >= 11 is 0. The molecule has 2 aromatic carbocycles. The van der Waals surface area contributed by atoms with Gasteiger partial charge in [0.05, 0.1) is 4.90 Å². The van der Waals surface area contributed by atoms with Gasteiger partial charge in [0.2, 0.25) is 15.9 Å². The van der Waals surface area contributed by atoms with Crippen LogP contribution in [0.3, 0.4) is 0 Å². The maximum Gasteiger partial charge on any atom is 0.405 e. The van der Waals surface area contributed by atoms with E-state index in [1.54, 1.807) is 18.2 Å². The number of aromatic nitrogens is 1. The van der Waals surface area contributed by atoms with Gasteiger partial charge in [-0.05, 0) is 49.4 Å². The summed E-state index contributed by atoms with van der Waals surface area (Å²) in [5, 5.41) is 3.36. The Morgan fingerprint density at radius 3 is 2.42 bits per heavy atom. The van der Waals surface area contributed by atoms with Gasteiger partial charge < -0.3 is 14.8 Å². The molecule has 2 heterocycles. The molecule has 1 aliphatic heterocycles. The fourth-order valence-electron chi connectivity index (χ4n) is 5.54. The molecular weight excluding hydrogens is 517 g/mol. The summed E-state index contributed by atoms with van der Waals surface area (Å²) in [4.78, 5) is 14.4. The van der Waals surface area contributed by atoms with Crippen molar-refractivity contribution in [3.63, 3.8) is 0 Å². The fraction of sp³-hybridized carbons (Fsp3) is 0.444. The maximum atomic E-state index is 13.2. The van der Waals surface area contributed by atoms with E-state index >= 15 is 0 Å². The average Bonchev–Trinajstić information content (AvgIpc) is 3.24. The van der Waals surface area contributed by atoms with E-state index in [9.17, 15) is 26.4 Å². The van der Waals surface area contributed by atoms with E-state index < -0.39 is 22.2 Å². The Morgan fingerprint density at radius 1 is 1.03 bits per heavy atom. The third-order valence-electron chi connectivity index (χ3n) is 7.68. The number of alkyl halides is 3. The largest absolute Gasteiger partial charge is 0.405 e. The zero-order valence-corrected chi connectivity index (χ0v) is 21.9. The first-order chi connectivity index (χ1) is 18.0. The van der Waals surface area contributed by atoms with Gasteiger partial charge in [-0.3, -0.25) is 4.79 Å². The molecule has 38 heavy (non-hydrogen) atoms. The predicted octanol–water partition coefficient (Wildman–Crippen LogP) is 4.05. The lowest BCUT2D eigenvalue weighted by Crippen LogP contribution is -2.59. The Balaban J connectivity index is 1.23. The summed E-state index contributed by atoms with van der Waals surface area (Å²) in [6, 6.07) is 14.9. The highest BCUT2D eigenvalue weighted by molar-refractivity contribution is 7.89. The van der Waals surface area contributed by atoms with Crippen molar-refractivity contribution in [2.45, 2.75) is 48.8 Å². The standard InChI is InChI=1S/C27H31F3N4O3S/c1-33-23(18-5-3-2-4-6-18)15-20-9-12-22(16-24(20)33)38(36,37)32-21-10-7-19(8-11-21)26(35)34-14-13-31-25(17-34)27(28,29)30/h2-6,9,12,15-16,19,21,25,31-32H,7-8,10-11,13-14,17H2,1H3/t19?,21?,25-/m1/s1. The number of carbonyl (C=O) groups excluding carboxylic acids is 1. The van der Waals surface area contributed by atoms with Crippen LogP contribution in [0.1, 0.15) is 25.7 Å². The molecule has 7 nitrogen and oxygen atoms in total. The van der Waals surface area contributed by atoms with Gasteiger partial charge in [0.25, 0.3) is 0 Å². The van der Waals surface area contributed by atoms with E-state index in [2.05, 4.69) is 10.0 Å². The minimum atomic E-state index is -4.40. The molecule has 5 rings (SSSR count). The topological polar surface area (TPSA) is 83.4 Å². The molecule has 1 saturated carbocycles. The van der Waals surface area contributed by atoms with E-state index in [0.29, 0.717) is 25.7 Å². The SMILES string of the molecule is Cn1c(-c2ccccc2)cc2ccc(S(=O)(=O)NC3CCC(C(=O)N4CCN[C@@H](C(F)(F)F)C4)CC3)cc21. The Hall–Kier alpha value is -2.89. The van der Waals surface area contributed by atoms with Crippen LogP contribution in [0.5, 0.6) is 0 Å². The number of benzene rings is 2. The molecule has 1 saturated heterocycles. The van der Waals surface area contributed by atoms with Crippen LogP contribution in [-0.4, -0.2) is 61.7 Å². The first-order valence-corrected chi connectivity index (χ1v) is 14.3. The van der Waals surface area contributed by atoms with Gasteiger partial charge in [0.15, 0.2) is 0 Å².